The molecule has 0 spiro atoms. The quantitative estimate of drug-likeness (QED) is 0.383. The molecule has 1 aromatic carbocycles. The van der Waals surface area contributed by atoms with E-state index in [1.54, 1.807) is 12.1 Å². The molecule has 0 amide bonds. The van der Waals surface area contributed by atoms with Crippen molar-refractivity contribution in [3.05, 3.63) is 98.5 Å². The zero-order valence-electron chi connectivity index (χ0n) is 19.6. The van der Waals surface area contributed by atoms with Gasteiger partial charge >= 0.3 is 5.97 Å². The van der Waals surface area contributed by atoms with E-state index >= 15 is 0 Å². The molecule has 2 bridgehead atoms. The van der Waals surface area contributed by atoms with Gasteiger partial charge in [-0.15, -0.1) is 0 Å². The topological polar surface area (TPSA) is 71.5 Å². The van der Waals surface area contributed by atoms with Crippen molar-refractivity contribution in [1.82, 2.24) is 4.98 Å². The summed E-state index contributed by atoms with van der Waals surface area (Å²) in [6, 6.07) is 10.9. The van der Waals surface area contributed by atoms with Gasteiger partial charge in [0, 0.05) is 35.9 Å². The van der Waals surface area contributed by atoms with Gasteiger partial charge in [0.15, 0.2) is 0 Å². The zero-order valence-corrected chi connectivity index (χ0v) is 19.6. The van der Waals surface area contributed by atoms with E-state index in [1.807, 2.05) is 56.5 Å². The van der Waals surface area contributed by atoms with Crippen LogP contribution < -0.4 is 5.56 Å². The van der Waals surface area contributed by atoms with E-state index in [9.17, 15) is 9.59 Å². The van der Waals surface area contributed by atoms with Crippen LogP contribution in [0, 0.1) is 5.92 Å². The van der Waals surface area contributed by atoms with Gasteiger partial charge in [0.1, 0.15) is 5.54 Å². The van der Waals surface area contributed by atoms with Gasteiger partial charge in [-0.25, -0.2) is 4.79 Å². The van der Waals surface area contributed by atoms with E-state index in [0.717, 1.165) is 29.7 Å². The smallest absolute Gasteiger partial charge is 0.338 e. The molecule has 2 aromatic rings. The van der Waals surface area contributed by atoms with Crippen molar-refractivity contribution in [2.75, 3.05) is 0 Å². The second-order valence-electron chi connectivity index (χ2n) is 9.00. The standard InChI is InChI=1S/C28H30N2O3/c1-5-23-21-15-19(4)17-28(23,24-12-13-26(31)30-25(24)16-21)29-14-8-10-20-9-6-7-11-22(20)27(32)33-18(2)3/h5-15,18,21H,16-17H2,1-4H3,(H,30,31)/b10-8+,23-5+,29-14?. The Bertz CT molecular complexity index is 1250. The number of H-pyrrole nitrogens is 1. The highest BCUT2D eigenvalue weighted by Crippen LogP contribution is 2.51. The van der Waals surface area contributed by atoms with Gasteiger partial charge in [0.2, 0.25) is 5.56 Å². The lowest BCUT2D eigenvalue weighted by Crippen LogP contribution is -2.40. The Morgan fingerprint density at radius 1 is 1.24 bits per heavy atom. The number of rotatable bonds is 5. The number of nitrogens with one attached hydrogen (secondary N) is 1. The van der Waals surface area contributed by atoms with Crippen molar-refractivity contribution in [2.24, 2.45) is 10.9 Å². The molecule has 5 nitrogen and oxygen atoms in total. The molecule has 2 unspecified atom stereocenters. The fourth-order valence-electron chi connectivity index (χ4n) is 5.08. The number of allylic oxidation sites excluding steroid dienone is 3. The van der Waals surface area contributed by atoms with Crippen molar-refractivity contribution >= 4 is 18.3 Å². The van der Waals surface area contributed by atoms with Gasteiger partial charge in [0.05, 0.1) is 11.7 Å². The molecule has 0 saturated heterocycles. The molecule has 0 fully saturated rings. The second-order valence-corrected chi connectivity index (χ2v) is 9.00. The fourth-order valence-corrected chi connectivity index (χ4v) is 5.08. The minimum atomic E-state index is -0.531. The Labute approximate surface area is 194 Å². The van der Waals surface area contributed by atoms with Gasteiger partial charge in [-0.2, -0.15) is 0 Å². The number of benzene rings is 1. The minimum Gasteiger partial charge on any atom is -0.459 e. The molecule has 33 heavy (non-hydrogen) atoms. The van der Waals surface area contributed by atoms with E-state index in [4.69, 9.17) is 9.73 Å². The number of carbonyl (C=O) groups excluding carboxylic acids is 1. The number of fused-ring (bicyclic) bond motifs is 4. The summed E-state index contributed by atoms with van der Waals surface area (Å²) in [6.07, 6.45) is 11.4. The van der Waals surface area contributed by atoms with E-state index in [-0.39, 0.29) is 23.6 Å². The monoisotopic (exact) mass is 442 g/mol. The molecule has 2 aliphatic carbocycles. The summed E-state index contributed by atoms with van der Waals surface area (Å²) in [5.41, 5.74) is 5.28. The number of ether oxygens (including phenoxy) is 1. The molecule has 2 atom stereocenters. The van der Waals surface area contributed by atoms with Crippen molar-refractivity contribution in [1.29, 1.82) is 0 Å². The molecular weight excluding hydrogens is 412 g/mol. The average Bonchev–Trinajstić information content (AvgIpc) is 2.76. The lowest BCUT2D eigenvalue weighted by Gasteiger charge is -2.45. The number of nitrogens with zero attached hydrogens (tertiary/aromatic N) is 1. The van der Waals surface area contributed by atoms with Crippen LogP contribution in [0.4, 0.5) is 0 Å². The summed E-state index contributed by atoms with van der Waals surface area (Å²) in [5.74, 6) is -0.111. The highest BCUT2D eigenvalue weighted by molar-refractivity contribution is 5.94. The van der Waals surface area contributed by atoms with Crippen molar-refractivity contribution < 1.29 is 9.53 Å². The molecule has 1 heterocycles. The molecule has 2 aliphatic rings. The fraction of sp³-hybridized carbons (Fsp3) is 0.321. The van der Waals surface area contributed by atoms with Gasteiger partial charge < -0.3 is 9.72 Å². The minimum absolute atomic E-state index is 0.0830. The highest BCUT2D eigenvalue weighted by Gasteiger charge is 2.46. The van der Waals surface area contributed by atoms with Crippen molar-refractivity contribution in [2.45, 2.75) is 52.2 Å². The van der Waals surface area contributed by atoms with Crippen LogP contribution in [0.3, 0.4) is 0 Å². The maximum Gasteiger partial charge on any atom is 0.338 e. The first kappa shape index (κ1) is 22.7. The molecule has 4 rings (SSSR count). The predicted octanol–water partition coefficient (Wildman–Crippen LogP) is 5.39. The Morgan fingerprint density at radius 3 is 2.79 bits per heavy atom. The Balaban J connectivity index is 1.71. The molecule has 0 saturated carbocycles. The highest BCUT2D eigenvalue weighted by atomic mass is 16.5. The van der Waals surface area contributed by atoms with E-state index in [1.165, 1.54) is 11.1 Å². The summed E-state index contributed by atoms with van der Waals surface area (Å²) >= 11 is 0. The molecule has 0 radical (unpaired) electrons. The average molecular weight is 443 g/mol. The molecule has 5 heteroatoms. The summed E-state index contributed by atoms with van der Waals surface area (Å²) in [6.45, 7) is 7.88. The third-order valence-electron chi connectivity index (χ3n) is 6.26. The van der Waals surface area contributed by atoms with Crippen LogP contribution in [0.1, 0.15) is 61.3 Å². The lowest BCUT2D eigenvalue weighted by atomic mass is 9.63. The number of esters is 1. The molecule has 1 aromatic heterocycles. The number of aliphatic imine (C=N–C) groups is 1. The van der Waals surface area contributed by atoms with Crippen LogP contribution in [-0.4, -0.2) is 23.3 Å². The van der Waals surface area contributed by atoms with Crippen LogP contribution >= 0.6 is 0 Å². The van der Waals surface area contributed by atoms with Crippen LogP contribution in [-0.2, 0) is 16.7 Å². The van der Waals surface area contributed by atoms with Crippen molar-refractivity contribution in [3.8, 4) is 0 Å². The SMILES string of the molecule is C/C=C1\C2C=C(C)CC1(N=C/C=C/c1ccccc1C(=O)OC(C)C)c1ccc(=O)[nH]c1C2. The van der Waals surface area contributed by atoms with Crippen LogP contribution in [0.15, 0.2) is 75.6 Å². The van der Waals surface area contributed by atoms with Gasteiger partial charge in [0.25, 0.3) is 0 Å². The Morgan fingerprint density at radius 2 is 2.03 bits per heavy atom. The normalized spacial score (nSPS) is 23.2. The molecule has 0 aliphatic heterocycles. The first-order valence-corrected chi connectivity index (χ1v) is 11.4. The van der Waals surface area contributed by atoms with Gasteiger partial charge in [-0.3, -0.25) is 9.79 Å². The van der Waals surface area contributed by atoms with Crippen LogP contribution in [0.2, 0.25) is 0 Å². The number of aromatic amines is 1. The summed E-state index contributed by atoms with van der Waals surface area (Å²) in [5, 5.41) is 0. The maximum absolute atomic E-state index is 12.4. The summed E-state index contributed by atoms with van der Waals surface area (Å²) in [7, 11) is 0. The number of hydrogen-bond donors (Lipinski definition) is 1. The first-order chi connectivity index (χ1) is 15.8. The van der Waals surface area contributed by atoms with E-state index in [0.29, 0.717) is 5.56 Å². The van der Waals surface area contributed by atoms with Gasteiger partial charge in [-0.1, -0.05) is 42.0 Å². The van der Waals surface area contributed by atoms with Crippen LogP contribution in [0.25, 0.3) is 6.08 Å². The number of carbonyl (C=O) groups is 1. The van der Waals surface area contributed by atoms with E-state index < -0.39 is 5.54 Å². The largest absolute Gasteiger partial charge is 0.459 e. The molecule has 170 valence electrons. The predicted molar refractivity (Wildman–Crippen MR) is 133 cm³/mol. The maximum atomic E-state index is 12.4. The second kappa shape index (κ2) is 9.18. The van der Waals surface area contributed by atoms with Crippen molar-refractivity contribution in [3.63, 3.8) is 0 Å². The number of hydrogen-bond acceptors (Lipinski definition) is 4. The number of aromatic nitrogens is 1. The lowest BCUT2D eigenvalue weighted by molar-refractivity contribution is 0.0377. The third kappa shape index (κ3) is 4.40. The number of pyridine rings is 1. The Hall–Kier alpha value is -3.47. The molecule has 1 N–H and O–H groups in total. The first-order valence-electron chi connectivity index (χ1n) is 11.4. The Kier molecular flexibility index (Phi) is 6.32. The van der Waals surface area contributed by atoms with Gasteiger partial charge in [-0.05, 0) is 63.5 Å². The zero-order chi connectivity index (χ0) is 23.6. The third-order valence-corrected chi connectivity index (χ3v) is 6.26. The summed E-state index contributed by atoms with van der Waals surface area (Å²) < 4.78 is 5.37. The van der Waals surface area contributed by atoms with E-state index in [2.05, 4.69) is 31.0 Å². The summed E-state index contributed by atoms with van der Waals surface area (Å²) in [4.78, 5) is 32.6. The molecular formula is C28H30N2O3. The van der Waals surface area contributed by atoms with Crippen LogP contribution in [0.5, 0.6) is 0 Å².